The largest absolute Gasteiger partial charge is 0.384 e. The van der Waals surface area contributed by atoms with Gasteiger partial charge in [-0.1, -0.05) is 17.9 Å². The van der Waals surface area contributed by atoms with E-state index in [2.05, 4.69) is 11.8 Å². The van der Waals surface area contributed by atoms with Gasteiger partial charge in [0.15, 0.2) is 0 Å². The van der Waals surface area contributed by atoms with Crippen molar-refractivity contribution in [1.82, 2.24) is 0 Å². The Bertz CT molecular complexity index is 649. The summed E-state index contributed by atoms with van der Waals surface area (Å²) < 4.78 is 5.39. The molecular weight excluding hydrogens is 270 g/mol. The lowest BCUT2D eigenvalue weighted by Crippen LogP contribution is -2.52. The Balaban J connectivity index is 2.00. The Morgan fingerprint density at radius 3 is 2.57 bits per heavy atom. The molecule has 5 nitrogen and oxygen atoms in total. The molecule has 0 aliphatic carbocycles. The highest BCUT2D eigenvalue weighted by molar-refractivity contribution is 6.19. The SMILES string of the molecule is Cc1ccc(N2C(=O)C3CCC(O3)C2=O)cc1C#CCO. The smallest absolute Gasteiger partial charge is 0.262 e. The minimum Gasteiger partial charge on any atom is -0.384 e. The van der Waals surface area contributed by atoms with Crippen molar-refractivity contribution in [2.75, 3.05) is 11.5 Å². The van der Waals surface area contributed by atoms with E-state index in [9.17, 15) is 9.59 Å². The molecule has 2 bridgehead atoms. The van der Waals surface area contributed by atoms with Crippen LogP contribution < -0.4 is 4.90 Å². The van der Waals surface area contributed by atoms with E-state index in [1.54, 1.807) is 12.1 Å². The number of nitrogens with zero attached hydrogens (tertiary/aromatic N) is 1. The maximum atomic E-state index is 12.3. The molecule has 3 rings (SSSR count). The Morgan fingerprint density at radius 1 is 1.29 bits per heavy atom. The van der Waals surface area contributed by atoms with Gasteiger partial charge in [-0.2, -0.15) is 0 Å². The van der Waals surface area contributed by atoms with Crippen LogP contribution in [-0.2, 0) is 14.3 Å². The van der Waals surface area contributed by atoms with Gasteiger partial charge in [-0.05, 0) is 37.5 Å². The molecule has 2 aliphatic heterocycles. The first-order valence-electron chi connectivity index (χ1n) is 6.85. The number of anilines is 1. The molecule has 2 amide bonds. The maximum Gasteiger partial charge on any atom is 0.262 e. The third kappa shape index (κ3) is 2.33. The highest BCUT2D eigenvalue weighted by Gasteiger charge is 2.47. The summed E-state index contributed by atoms with van der Waals surface area (Å²) in [5.41, 5.74) is 2.13. The van der Waals surface area contributed by atoms with E-state index in [0.717, 1.165) is 5.56 Å². The van der Waals surface area contributed by atoms with Crippen LogP contribution >= 0.6 is 0 Å². The van der Waals surface area contributed by atoms with Crippen LogP contribution in [0.5, 0.6) is 0 Å². The average Bonchev–Trinajstić information content (AvgIpc) is 2.93. The lowest BCUT2D eigenvalue weighted by atomic mass is 10.1. The number of rotatable bonds is 1. The first-order chi connectivity index (χ1) is 10.1. The lowest BCUT2D eigenvalue weighted by Gasteiger charge is -2.30. The van der Waals surface area contributed by atoms with Gasteiger partial charge in [-0.3, -0.25) is 9.59 Å². The van der Waals surface area contributed by atoms with Crippen LogP contribution in [0.4, 0.5) is 5.69 Å². The van der Waals surface area contributed by atoms with Gasteiger partial charge in [0, 0.05) is 5.56 Å². The van der Waals surface area contributed by atoms with Crippen molar-refractivity contribution in [2.24, 2.45) is 0 Å². The number of morpholine rings is 1. The lowest BCUT2D eigenvalue weighted by molar-refractivity contribution is -0.146. The summed E-state index contributed by atoms with van der Waals surface area (Å²) in [4.78, 5) is 25.8. The predicted molar refractivity (Wildman–Crippen MR) is 75.5 cm³/mol. The summed E-state index contributed by atoms with van der Waals surface area (Å²) in [6.45, 7) is 1.65. The van der Waals surface area contributed by atoms with Crippen molar-refractivity contribution < 1.29 is 19.4 Å². The minimum absolute atomic E-state index is 0.233. The number of amides is 2. The van der Waals surface area contributed by atoms with Gasteiger partial charge in [-0.15, -0.1) is 0 Å². The normalized spacial score (nSPS) is 24.0. The summed E-state index contributed by atoms with van der Waals surface area (Å²) in [5.74, 6) is 4.80. The van der Waals surface area contributed by atoms with E-state index in [4.69, 9.17) is 9.84 Å². The van der Waals surface area contributed by atoms with Crippen LogP contribution in [0.2, 0.25) is 0 Å². The molecule has 2 aliphatic rings. The molecule has 1 aromatic rings. The number of carbonyl (C=O) groups is 2. The van der Waals surface area contributed by atoms with Crippen LogP contribution in [0.15, 0.2) is 18.2 Å². The Morgan fingerprint density at radius 2 is 1.95 bits per heavy atom. The first kappa shape index (κ1) is 13.8. The molecule has 1 N–H and O–H groups in total. The van der Waals surface area contributed by atoms with Crippen molar-refractivity contribution in [3.05, 3.63) is 29.3 Å². The van der Waals surface area contributed by atoms with E-state index in [1.807, 2.05) is 13.0 Å². The monoisotopic (exact) mass is 285 g/mol. The molecule has 0 saturated carbocycles. The van der Waals surface area contributed by atoms with E-state index in [1.165, 1.54) is 4.90 Å². The van der Waals surface area contributed by atoms with E-state index in [0.29, 0.717) is 24.1 Å². The number of hydrogen-bond acceptors (Lipinski definition) is 4. The number of aliphatic hydroxyl groups is 1. The molecule has 2 fully saturated rings. The van der Waals surface area contributed by atoms with Crippen LogP contribution in [0.3, 0.4) is 0 Å². The Kier molecular flexibility index (Phi) is 3.50. The van der Waals surface area contributed by atoms with Gasteiger partial charge in [0.25, 0.3) is 11.8 Å². The zero-order chi connectivity index (χ0) is 15.0. The molecule has 2 saturated heterocycles. The highest BCUT2D eigenvalue weighted by Crippen LogP contribution is 2.32. The molecule has 2 heterocycles. The quantitative estimate of drug-likeness (QED) is 0.611. The molecular formula is C16H15NO4. The van der Waals surface area contributed by atoms with Crippen LogP contribution in [0.25, 0.3) is 0 Å². The number of fused-ring (bicyclic) bond motifs is 2. The molecule has 0 aromatic heterocycles. The van der Waals surface area contributed by atoms with Crippen LogP contribution in [-0.4, -0.2) is 35.7 Å². The number of aliphatic hydroxyl groups excluding tert-OH is 1. The molecule has 2 unspecified atom stereocenters. The second-order valence-electron chi connectivity index (χ2n) is 5.16. The van der Waals surface area contributed by atoms with Gasteiger partial charge >= 0.3 is 0 Å². The topological polar surface area (TPSA) is 66.8 Å². The summed E-state index contributed by atoms with van der Waals surface area (Å²) in [6.07, 6.45) is 0.158. The van der Waals surface area contributed by atoms with Crippen molar-refractivity contribution in [1.29, 1.82) is 0 Å². The van der Waals surface area contributed by atoms with Gasteiger partial charge in [0.2, 0.25) is 0 Å². The Labute approximate surface area is 122 Å². The molecule has 2 atom stereocenters. The van der Waals surface area contributed by atoms with Gasteiger partial charge < -0.3 is 9.84 Å². The first-order valence-corrected chi connectivity index (χ1v) is 6.85. The minimum atomic E-state index is -0.513. The molecule has 0 radical (unpaired) electrons. The Hall–Kier alpha value is -2.16. The number of hydrogen-bond donors (Lipinski definition) is 1. The van der Waals surface area contributed by atoms with Crippen molar-refractivity contribution in [2.45, 2.75) is 32.0 Å². The molecule has 108 valence electrons. The summed E-state index contributed by atoms with van der Waals surface area (Å²) >= 11 is 0. The zero-order valence-corrected chi connectivity index (χ0v) is 11.6. The van der Waals surface area contributed by atoms with Crippen molar-refractivity contribution in [3.8, 4) is 11.8 Å². The van der Waals surface area contributed by atoms with Gasteiger partial charge in [-0.25, -0.2) is 4.90 Å². The second-order valence-corrected chi connectivity index (χ2v) is 5.16. The average molecular weight is 285 g/mol. The summed E-state index contributed by atoms with van der Waals surface area (Å²) in [5, 5.41) is 8.79. The molecule has 0 spiro atoms. The van der Waals surface area contributed by atoms with E-state index in [-0.39, 0.29) is 18.4 Å². The molecule has 1 aromatic carbocycles. The van der Waals surface area contributed by atoms with Crippen molar-refractivity contribution >= 4 is 17.5 Å². The van der Waals surface area contributed by atoms with Crippen LogP contribution in [0, 0.1) is 18.8 Å². The second kappa shape index (κ2) is 5.32. The van der Waals surface area contributed by atoms with Gasteiger partial charge in [0.1, 0.15) is 18.8 Å². The fourth-order valence-corrected chi connectivity index (χ4v) is 2.67. The number of carbonyl (C=O) groups excluding carboxylic acids is 2. The molecule has 5 heteroatoms. The summed E-state index contributed by atoms with van der Waals surface area (Å²) in [6, 6.07) is 5.26. The predicted octanol–water partition coefficient (Wildman–Crippen LogP) is 0.760. The maximum absolute atomic E-state index is 12.3. The third-order valence-electron chi connectivity index (χ3n) is 3.79. The standard InChI is InChI=1S/C16H15NO4/c1-10-4-5-12(9-11(10)3-2-8-18)17-15(19)13-6-7-14(21-13)16(17)20/h4-5,9,13-14,18H,6-8H2,1H3. The van der Waals surface area contributed by atoms with E-state index >= 15 is 0 Å². The van der Waals surface area contributed by atoms with E-state index < -0.39 is 12.2 Å². The number of imide groups is 1. The zero-order valence-electron chi connectivity index (χ0n) is 11.6. The third-order valence-corrected chi connectivity index (χ3v) is 3.79. The highest BCUT2D eigenvalue weighted by atomic mass is 16.5. The fraction of sp³-hybridized carbons (Fsp3) is 0.375. The van der Waals surface area contributed by atoms with Crippen molar-refractivity contribution in [3.63, 3.8) is 0 Å². The number of ether oxygens (including phenoxy) is 1. The summed E-state index contributed by atoms with van der Waals surface area (Å²) in [7, 11) is 0. The molecule has 21 heavy (non-hydrogen) atoms. The number of benzene rings is 1. The fourth-order valence-electron chi connectivity index (χ4n) is 2.67. The number of aryl methyl sites for hydroxylation is 1. The van der Waals surface area contributed by atoms with Gasteiger partial charge in [0.05, 0.1) is 5.69 Å². The van der Waals surface area contributed by atoms with Crippen LogP contribution in [0.1, 0.15) is 24.0 Å².